The van der Waals surface area contributed by atoms with Gasteiger partial charge in [-0.1, -0.05) is 32.9 Å². The first kappa shape index (κ1) is 20.9. The number of carbonyl (C=O) groups is 1. The van der Waals surface area contributed by atoms with Crippen molar-refractivity contribution < 1.29 is 4.79 Å². The molecular weight excluding hydrogens is 388 g/mol. The van der Waals surface area contributed by atoms with Crippen molar-refractivity contribution in [2.24, 2.45) is 14.1 Å². The van der Waals surface area contributed by atoms with E-state index in [1.54, 1.807) is 31.1 Å². The molecule has 0 unspecified atom stereocenters. The molecule has 0 radical (unpaired) electrons. The monoisotopic (exact) mass is 412 g/mol. The molecule has 7 nitrogen and oxygen atoms in total. The lowest BCUT2D eigenvalue weighted by molar-refractivity contribution is 0.102. The molecule has 1 amide bonds. The van der Waals surface area contributed by atoms with Crippen molar-refractivity contribution in [3.05, 3.63) is 62.4 Å². The number of amides is 1. The molecule has 0 atom stereocenters. The van der Waals surface area contributed by atoms with Crippen molar-refractivity contribution in [1.82, 2.24) is 14.1 Å². The molecule has 0 aliphatic rings. The quantitative estimate of drug-likeness (QED) is 0.651. The zero-order valence-electron chi connectivity index (χ0n) is 17.1. The van der Waals surface area contributed by atoms with Gasteiger partial charge in [-0.3, -0.25) is 18.7 Å². The SMILES string of the molecule is CCSc1ccccc1C(=O)Nc1c(C(C)C)cnc2c1c(=O)n(C)c(=O)n2C. The molecule has 3 rings (SSSR count). The minimum atomic E-state index is -0.482. The summed E-state index contributed by atoms with van der Waals surface area (Å²) in [6.07, 6.45) is 1.62. The zero-order chi connectivity index (χ0) is 21.3. The fraction of sp³-hybridized carbons (Fsp3) is 0.333. The summed E-state index contributed by atoms with van der Waals surface area (Å²) in [5.74, 6) is 0.554. The maximum Gasteiger partial charge on any atom is 0.332 e. The Hall–Kier alpha value is -2.87. The Morgan fingerprint density at radius 1 is 1.17 bits per heavy atom. The predicted molar refractivity (Wildman–Crippen MR) is 117 cm³/mol. The normalized spacial score (nSPS) is 11.2. The van der Waals surface area contributed by atoms with Crippen LogP contribution in [-0.4, -0.2) is 25.8 Å². The minimum absolute atomic E-state index is 0.0180. The number of hydrogen-bond donors (Lipinski definition) is 1. The van der Waals surface area contributed by atoms with E-state index >= 15 is 0 Å². The van der Waals surface area contributed by atoms with E-state index in [0.717, 1.165) is 20.8 Å². The van der Waals surface area contributed by atoms with Crippen LogP contribution in [0.1, 0.15) is 42.6 Å². The number of aromatic nitrogens is 3. The van der Waals surface area contributed by atoms with Crippen LogP contribution in [0.5, 0.6) is 0 Å². The van der Waals surface area contributed by atoms with Crippen molar-refractivity contribution in [2.75, 3.05) is 11.1 Å². The Kier molecular flexibility index (Phi) is 5.93. The Bertz CT molecular complexity index is 1210. The fourth-order valence-electron chi connectivity index (χ4n) is 3.23. The van der Waals surface area contributed by atoms with E-state index in [-0.39, 0.29) is 22.9 Å². The third-order valence-corrected chi connectivity index (χ3v) is 5.75. The van der Waals surface area contributed by atoms with E-state index in [1.165, 1.54) is 11.6 Å². The topological polar surface area (TPSA) is 86.0 Å². The number of rotatable bonds is 5. The number of hydrogen-bond acceptors (Lipinski definition) is 5. The Morgan fingerprint density at radius 3 is 2.52 bits per heavy atom. The summed E-state index contributed by atoms with van der Waals surface area (Å²) < 4.78 is 2.35. The van der Waals surface area contributed by atoms with Gasteiger partial charge in [-0.2, -0.15) is 0 Å². The molecule has 29 heavy (non-hydrogen) atoms. The maximum absolute atomic E-state index is 13.2. The van der Waals surface area contributed by atoms with Gasteiger partial charge in [-0.05, 0) is 29.4 Å². The smallest absolute Gasteiger partial charge is 0.321 e. The summed E-state index contributed by atoms with van der Waals surface area (Å²) in [5.41, 5.74) is 0.985. The van der Waals surface area contributed by atoms with Crippen LogP contribution in [-0.2, 0) is 14.1 Å². The standard InChI is InChI=1S/C21H24N4O3S/c1-6-29-15-10-8-7-9-13(15)19(26)23-17-14(12(2)3)11-22-18-16(17)20(27)25(5)21(28)24(18)4/h7-12H,6H2,1-5H3,(H,22,23,26). The van der Waals surface area contributed by atoms with Crippen molar-refractivity contribution in [1.29, 1.82) is 0 Å². The van der Waals surface area contributed by atoms with Gasteiger partial charge in [0, 0.05) is 25.2 Å². The predicted octanol–water partition coefficient (Wildman–Crippen LogP) is 3.12. The number of aryl methyl sites for hydroxylation is 1. The Morgan fingerprint density at radius 2 is 1.86 bits per heavy atom. The minimum Gasteiger partial charge on any atom is -0.321 e. The average molecular weight is 413 g/mol. The van der Waals surface area contributed by atoms with Crippen molar-refractivity contribution in [3.63, 3.8) is 0 Å². The first-order valence-corrected chi connectivity index (χ1v) is 10.4. The zero-order valence-corrected chi connectivity index (χ0v) is 18.0. The molecule has 0 saturated heterocycles. The maximum atomic E-state index is 13.2. The second-order valence-corrected chi connectivity index (χ2v) is 8.34. The summed E-state index contributed by atoms with van der Waals surface area (Å²) >= 11 is 1.58. The van der Waals surface area contributed by atoms with Crippen molar-refractivity contribution in [2.45, 2.75) is 31.6 Å². The highest BCUT2D eigenvalue weighted by Crippen LogP contribution is 2.30. The second-order valence-electron chi connectivity index (χ2n) is 7.03. The molecular formula is C21H24N4O3S. The third kappa shape index (κ3) is 3.72. The molecule has 0 spiro atoms. The average Bonchev–Trinajstić information content (AvgIpc) is 2.70. The first-order chi connectivity index (χ1) is 13.8. The highest BCUT2D eigenvalue weighted by atomic mass is 32.2. The van der Waals surface area contributed by atoms with Gasteiger partial charge in [0.2, 0.25) is 0 Å². The second kappa shape index (κ2) is 8.24. The molecule has 3 aromatic rings. The number of pyridine rings is 1. The van der Waals surface area contributed by atoms with Crippen LogP contribution in [0, 0.1) is 0 Å². The molecule has 0 aliphatic carbocycles. The van der Waals surface area contributed by atoms with Crippen LogP contribution in [0.15, 0.2) is 44.9 Å². The van der Waals surface area contributed by atoms with Gasteiger partial charge in [-0.15, -0.1) is 11.8 Å². The van der Waals surface area contributed by atoms with E-state index in [9.17, 15) is 14.4 Å². The lowest BCUT2D eigenvalue weighted by Crippen LogP contribution is -2.38. The molecule has 0 aliphatic heterocycles. The number of nitrogens with one attached hydrogen (secondary N) is 1. The molecule has 2 aromatic heterocycles. The van der Waals surface area contributed by atoms with Gasteiger partial charge in [0.25, 0.3) is 11.5 Å². The van der Waals surface area contributed by atoms with E-state index < -0.39 is 11.2 Å². The third-order valence-electron chi connectivity index (χ3n) is 4.79. The Balaban J connectivity index is 2.26. The number of carbonyl (C=O) groups excluding carboxylic acids is 1. The molecule has 0 saturated carbocycles. The van der Waals surface area contributed by atoms with E-state index in [0.29, 0.717) is 11.3 Å². The summed E-state index contributed by atoms with van der Waals surface area (Å²) in [6.45, 7) is 5.95. The lowest BCUT2D eigenvalue weighted by atomic mass is 10.0. The number of thioether (sulfide) groups is 1. The molecule has 2 heterocycles. The van der Waals surface area contributed by atoms with E-state index in [2.05, 4.69) is 10.3 Å². The van der Waals surface area contributed by atoms with Gasteiger partial charge in [0.1, 0.15) is 5.39 Å². The first-order valence-electron chi connectivity index (χ1n) is 9.39. The molecule has 8 heteroatoms. The summed E-state index contributed by atoms with van der Waals surface area (Å²) in [5, 5.41) is 3.18. The molecule has 0 bridgehead atoms. The number of nitrogens with zero attached hydrogens (tertiary/aromatic N) is 3. The van der Waals surface area contributed by atoms with Gasteiger partial charge in [-0.25, -0.2) is 9.78 Å². The highest BCUT2D eigenvalue weighted by Gasteiger charge is 2.21. The van der Waals surface area contributed by atoms with Crippen molar-refractivity contribution in [3.8, 4) is 0 Å². The Labute approximate surface area is 172 Å². The van der Waals surface area contributed by atoms with Crippen LogP contribution in [0.3, 0.4) is 0 Å². The van der Waals surface area contributed by atoms with Crippen LogP contribution in [0.25, 0.3) is 11.0 Å². The van der Waals surface area contributed by atoms with Gasteiger partial charge in [0.05, 0.1) is 11.3 Å². The molecule has 1 aromatic carbocycles. The summed E-state index contributed by atoms with van der Waals surface area (Å²) in [6, 6.07) is 7.37. The summed E-state index contributed by atoms with van der Waals surface area (Å²) in [4.78, 5) is 43.6. The lowest BCUT2D eigenvalue weighted by Gasteiger charge is -2.18. The number of fused-ring (bicyclic) bond motifs is 1. The highest BCUT2D eigenvalue weighted by molar-refractivity contribution is 7.99. The van der Waals surface area contributed by atoms with Crippen LogP contribution in [0.4, 0.5) is 5.69 Å². The van der Waals surface area contributed by atoms with Crippen LogP contribution < -0.4 is 16.6 Å². The fourth-order valence-corrected chi connectivity index (χ4v) is 4.03. The van der Waals surface area contributed by atoms with E-state index in [1.807, 2.05) is 39.0 Å². The number of anilines is 1. The van der Waals surface area contributed by atoms with Crippen LogP contribution in [0.2, 0.25) is 0 Å². The van der Waals surface area contributed by atoms with Gasteiger partial charge >= 0.3 is 5.69 Å². The largest absolute Gasteiger partial charge is 0.332 e. The number of benzene rings is 1. The molecule has 152 valence electrons. The molecule has 0 fully saturated rings. The van der Waals surface area contributed by atoms with E-state index in [4.69, 9.17) is 0 Å². The van der Waals surface area contributed by atoms with Crippen LogP contribution >= 0.6 is 11.8 Å². The van der Waals surface area contributed by atoms with Gasteiger partial charge in [0.15, 0.2) is 5.65 Å². The van der Waals surface area contributed by atoms with Gasteiger partial charge < -0.3 is 5.32 Å². The molecule has 1 N–H and O–H groups in total. The van der Waals surface area contributed by atoms with Crippen molar-refractivity contribution >= 4 is 34.4 Å². The summed E-state index contributed by atoms with van der Waals surface area (Å²) in [7, 11) is 2.98.